The molecule has 0 unspecified atom stereocenters. The third-order valence-corrected chi connectivity index (χ3v) is 4.67. The van der Waals surface area contributed by atoms with Gasteiger partial charge in [-0.05, 0) is 24.0 Å². The van der Waals surface area contributed by atoms with Crippen LogP contribution < -0.4 is 10.6 Å². The van der Waals surface area contributed by atoms with Crippen molar-refractivity contribution in [2.24, 2.45) is 0 Å². The quantitative estimate of drug-likeness (QED) is 0.400. The fraction of sp³-hybridized carbons (Fsp3) is 0.375. The Hall–Kier alpha value is -3.55. The number of hydrogen-bond donors (Lipinski definition) is 3. The lowest BCUT2D eigenvalue weighted by molar-refractivity contribution is -0.137. The summed E-state index contributed by atoms with van der Waals surface area (Å²) in [6, 6.07) is 18.2. The van der Waals surface area contributed by atoms with Crippen LogP contribution in [0.1, 0.15) is 43.2 Å². The zero-order chi connectivity index (χ0) is 23.0. The number of unbranched alkanes of at least 4 members (excludes halogenated alkanes) is 2. The van der Waals surface area contributed by atoms with E-state index >= 15 is 0 Å². The number of carbonyl (C=O) groups excluding carboxylic acids is 2. The molecule has 0 aliphatic heterocycles. The van der Waals surface area contributed by atoms with Crippen LogP contribution in [0.25, 0.3) is 0 Å². The molecule has 0 spiro atoms. The molecule has 0 saturated carbocycles. The third-order valence-electron chi connectivity index (χ3n) is 4.67. The van der Waals surface area contributed by atoms with Crippen molar-refractivity contribution < 1.29 is 29.0 Å². The molecule has 1 atom stereocenters. The lowest BCUT2D eigenvalue weighted by Crippen LogP contribution is -2.36. The summed E-state index contributed by atoms with van der Waals surface area (Å²) in [4.78, 5) is 34.8. The van der Waals surface area contributed by atoms with Crippen LogP contribution in [0.3, 0.4) is 0 Å². The van der Waals surface area contributed by atoms with E-state index < -0.39 is 24.2 Å². The standard InChI is InChI=1S/C24H30N2O6/c27-22(28)16-21(26-24(30)32-18-20-12-6-2-7-13-20)14-8-3-9-15-25-23(29)31-17-19-10-4-1-5-11-19/h1-2,4-7,10-13,21H,3,8-9,14-18H2,(H,25,29)(H,26,30)(H,27,28)/t21-/m1/s1. The molecule has 2 aromatic carbocycles. The van der Waals surface area contributed by atoms with Crippen LogP contribution in [0.4, 0.5) is 9.59 Å². The molecule has 8 nitrogen and oxygen atoms in total. The zero-order valence-electron chi connectivity index (χ0n) is 18.0. The van der Waals surface area contributed by atoms with Crippen LogP contribution in [0.2, 0.25) is 0 Å². The molecule has 0 bridgehead atoms. The van der Waals surface area contributed by atoms with Crippen molar-refractivity contribution in [2.45, 2.75) is 51.4 Å². The number of carboxylic acids is 1. The summed E-state index contributed by atoms with van der Waals surface area (Å²) in [5.74, 6) is -0.985. The maximum absolute atomic E-state index is 12.0. The van der Waals surface area contributed by atoms with Gasteiger partial charge >= 0.3 is 18.2 Å². The van der Waals surface area contributed by atoms with Crippen LogP contribution in [0.15, 0.2) is 60.7 Å². The zero-order valence-corrected chi connectivity index (χ0v) is 18.0. The van der Waals surface area contributed by atoms with Gasteiger partial charge in [-0.15, -0.1) is 0 Å². The molecule has 0 radical (unpaired) electrons. The number of amides is 2. The van der Waals surface area contributed by atoms with Gasteiger partial charge in [-0.1, -0.05) is 73.5 Å². The van der Waals surface area contributed by atoms with Gasteiger partial charge in [0.25, 0.3) is 0 Å². The van der Waals surface area contributed by atoms with Crippen LogP contribution in [-0.2, 0) is 27.5 Å². The lowest BCUT2D eigenvalue weighted by Gasteiger charge is -2.17. The monoisotopic (exact) mass is 442 g/mol. The number of rotatable bonds is 13. The van der Waals surface area contributed by atoms with Gasteiger partial charge in [0.15, 0.2) is 0 Å². The minimum Gasteiger partial charge on any atom is -0.481 e. The first-order valence-electron chi connectivity index (χ1n) is 10.7. The van der Waals surface area contributed by atoms with E-state index in [0.29, 0.717) is 19.4 Å². The molecule has 0 aliphatic rings. The largest absolute Gasteiger partial charge is 0.481 e. The second-order valence-electron chi connectivity index (χ2n) is 7.34. The number of alkyl carbamates (subject to hydrolysis) is 2. The molecule has 3 N–H and O–H groups in total. The van der Waals surface area contributed by atoms with E-state index in [2.05, 4.69) is 10.6 Å². The predicted molar refractivity (Wildman–Crippen MR) is 119 cm³/mol. The molecule has 0 aliphatic carbocycles. The molecule has 0 heterocycles. The lowest BCUT2D eigenvalue weighted by atomic mass is 10.1. The fourth-order valence-electron chi connectivity index (χ4n) is 3.02. The molecule has 2 rings (SSSR count). The summed E-state index contributed by atoms with van der Waals surface area (Å²) in [5, 5.41) is 14.4. The Morgan fingerprint density at radius 3 is 1.91 bits per heavy atom. The average molecular weight is 443 g/mol. The van der Waals surface area contributed by atoms with E-state index in [9.17, 15) is 14.4 Å². The smallest absolute Gasteiger partial charge is 0.407 e. The Morgan fingerprint density at radius 2 is 1.34 bits per heavy atom. The van der Waals surface area contributed by atoms with E-state index in [4.69, 9.17) is 14.6 Å². The molecular weight excluding hydrogens is 412 g/mol. The summed E-state index contributed by atoms with van der Waals surface area (Å²) in [6.07, 6.45) is 1.42. The third kappa shape index (κ3) is 11.0. The molecule has 0 aromatic heterocycles. The van der Waals surface area contributed by atoms with Crippen molar-refractivity contribution in [3.05, 3.63) is 71.8 Å². The number of carbonyl (C=O) groups is 3. The summed E-state index contributed by atoms with van der Waals surface area (Å²) in [7, 11) is 0. The Morgan fingerprint density at radius 1 is 0.781 bits per heavy atom. The van der Waals surface area contributed by atoms with Gasteiger partial charge < -0.3 is 25.2 Å². The van der Waals surface area contributed by atoms with Crippen LogP contribution >= 0.6 is 0 Å². The molecular formula is C24H30N2O6. The van der Waals surface area contributed by atoms with E-state index in [0.717, 1.165) is 24.0 Å². The van der Waals surface area contributed by atoms with Gasteiger partial charge in [-0.2, -0.15) is 0 Å². The van der Waals surface area contributed by atoms with Crippen molar-refractivity contribution in [1.82, 2.24) is 10.6 Å². The summed E-state index contributed by atoms with van der Waals surface area (Å²) >= 11 is 0. The summed E-state index contributed by atoms with van der Waals surface area (Å²) < 4.78 is 10.3. The predicted octanol–water partition coefficient (Wildman–Crippen LogP) is 4.24. The van der Waals surface area contributed by atoms with Gasteiger partial charge in [-0.3, -0.25) is 4.79 Å². The average Bonchev–Trinajstić information content (AvgIpc) is 2.79. The first-order valence-corrected chi connectivity index (χ1v) is 10.7. The molecule has 8 heteroatoms. The van der Waals surface area contributed by atoms with Gasteiger partial charge in [0.2, 0.25) is 0 Å². The highest BCUT2D eigenvalue weighted by atomic mass is 16.6. The van der Waals surface area contributed by atoms with E-state index in [1.807, 2.05) is 60.7 Å². The minimum atomic E-state index is -0.985. The SMILES string of the molecule is O=C(O)C[C@@H](CCCCCNC(=O)OCc1ccccc1)NC(=O)OCc1ccccc1. The number of hydrogen-bond acceptors (Lipinski definition) is 5. The minimum absolute atomic E-state index is 0.124. The Kier molecular flexibility index (Phi) is 11.2. The molecule has 2 amide bonds. The Labute approximate surface area is 187 Å². The first-order chi connectivity index (χ1) is 15.5. The molecule has 0 saturated heterocycles. The number of ether oxygens (including phenoxy) is 2. The van der Waals surface area contributed by atoms with E-state index in [1.54, 1.807) is 0 Å². The van der Waals surface area contributed by atoms with Gasteiger partial charge in [0, 0.05) is 12.6 Å². The van der Waals surface area contributed by atoms with Gasteiger partial charge in [-0.25, -0.2) is 9.59 Å². The summed E-state index contributed by atoms with van der Waals surface area (Å²) in [5.41, 5.74) is 1.77. The number of nitrogens with one attached hydrogen (secondary N) is 2. The highest BCUT2D eigenvalue weighted by molar-refractivity contribution is 5.71. The van der Waals surface area contributed by atoms with Crippen molar-refractivity contribution in [3.8, 4) is 0 Å². The highest BCUT2D eigenvalue weighted by Crippen LogP contribution is 2.08. The maximum atomic E-state index is 12.0. The van der Waals surface area contributed by atoms with Crippen LogP contribution in [-0.4, -0.2) is 35.8 Å². The Balaban J connectivity index is 1.58. The number of benzene rings is 2. The molecule has 172 valence electrons. The Bertz CT molecular complexity index is 829. The topological polar surface area (TPSA) is 114 Å². The van der Waals surface area contributed by atoms with Gasteiger partial charge in [0.05, 0.1) is 6.42 Å². The number of carboxylic acid groups (broad SMARTS) is 1. The normalized spacial score (nSPS) is 11.2. The highest BCUT2D eigenvalue weighted by Gasteiger charge is 2.16. The molecule has 2 aromatic rings. The van der Waals surface area contributed by atoms with Gasteiger partial charge in [0.1, 0.15) is 13.2 Å². The molecule has 32 heavy (non-hydrogen) atoms. The second kappa shape index (κ2) is 14.5. The van der Waals surface area contributed by atoms with Crippen molar-refractivity contribution in [1.29, 1.82) is 0 Å². The van der Waals surface area contributed by atoms with Crippen LogP contribution in [0.5, 0.6) is 0 Å². The second-order valence-corrected chi connectivity index (χ2v) is 7.34. The van der Waals surface area contributed by atoms with E-state index in [-0.39, 0.29) is 19.6 Å². The van der Waals surface area contributed by atoms with Crippen molar-refractivity contribution >= 4 is 18.2 Å². The number of aliphatic carboxylic acids is 1. The first kappa shape index (κ1) is 24.7. The van der Waals surface area contributed by atoms with Crippen molar-refractivity contribution in [2.75, 3.05) is 6.54 Å². The van der Waals surface area contributed by atoms with Crippen molar-refractivity contribution in [3.63, 3.8) is 0 Å². The van der Waals surface area contributed by atoms with E-state index in [1.165, 1.54) is 0 Å². The molecule has 0 fully saturated rings. The maximum Gasteiger partial charge on any atom is 0.407 e. The summed E-state index contributed by atoms with van der Waals surface area (Å²) in [6.45, 7) is 0.803. The van der Waals surface area contributed by atoms with Crippen LogP contribution in [0, 0.1) is 0 Å². The fourth-order valence-corrected chi connectivity index (χ4v) is 3.02.